The predicted octanol–water partition coefficient (Wildman–Crippen LogP) is 5.26. The summed E-state index contributed by atoms with van der Waals surface area (Å²) < 4.78 is 44.2. The SMILES string of the molecule is Cc1ccc(C)c(OC(C)(C)C(=O)NC2CCN(Cc3ccc(C(F)(F)F)cc3)CC2)c1. The molecule has 3 rings (SSSR count). The van der Waals surface area contributed by atoms with E-state index in [1.54, 1.807) is 13.8 Å². The highest BCUT2D eigenvalue weighted by Crippen LogP contribution is 2.29. The minimum atomic E-state index is -4.31. The summed E-state index contributed by atoms with van der Waals surface area (Å²) in [7, 11) is 0. The van der Waals surface area contributed by atoms with Crippen LogP contribution in [0.25, 0.3) is 0 Å². The molecule has 1 amide bonds. The third kappa shape index (κ3) is 6.25. The highest BCUT2D eigenvalue weighted by Gasteiger charge is 2.33. The van der Waals surface area contributed by atoms with Gasteiger partial charge in [0.2, 0.25) is 0 Å². The molecule has 1 heterocycles. The van der Waals surface area contributed by atoms with E-state index in [1.165, 1.54) is 12.1 Å². The summed E-state index contributed by atoms with van der Waals surface area (Å²) in [5, 5.41) is 3.11. The van der Waals surface area contributed by atoms with Crippen LogP contribution in [0.15, 0.2) is 42.5 Å². The molecule has 2 aromatic rings. The fourth-order valence-corrected chi connectivity index (χ4v) is 3.79. The average Bonchev–Trinajstić information content (AvgIpc) is 2.71. The summed E-state index contributed by atoms with van der Waals surface area (Å²) in [5.41, 5.74) is 1.27. The molecule has 0 radical (unpaired) electrons. The number of hydrogen-bond acceptors (Lipinski definition) is 3. The van der Waals surface area contributed by atoms with Crippen LogP contribution in [-0.4, -0.2) is 35.5 Å². The van der Waals surface area contributed by atoms with E-state index in [2.05, 4.69) is 10.2 Å². The summed E-state index contributed by atoms with van der Waals surface area (Å²) in [6.07, 6.45) is -2.75. The second-order valence-electron chi connectivity index (χ2n) is 9.10. The molecule has 0 bridgehead atoms. The first kappa shape index (κ1) is 24.1. The normalized spacial score (nSPS) is 16.1. The van der Waals surface area contributed by atoms with Gasteiger partial charge in [0.15, 0.2) is 5.60 Å². The van der Waals surface area contributed by atoms with Crippen molar-refractivity contribution in [2.24, 2.45) is 0 Å². The lowest BCUT2D eigenvalue weighted by molar-refractivity contribution is -0.137. The number of halogens is 3. The van der Waals surface area contributed by atoms with Crippen molar-refractivity contribution in [3.63, 3.8) is 0 Å². The first-order chi connectivity index (χ1) is 14.9. The zero-order valence-electron chi connectivity index (χ0n) is 19.1. The van der Waals surface area contributed by atoms with Crippen LogP contribution in [0.1, 0.15) is 48.9 Å². The number of benzene rings is 2. The van der Waals surface area contributed by atoms with Crippen LogP contribution >= 0.6 is 0 Å². The summed E-state index contributed by atoms with van der Waals surface area (Å²) in [4.78, 5) is 15.1. The number of aryl methyl sites for hydroxylation is 2. The van der Waals surface area contributed by atoms with E-state index >= 15 is 0 Å². The number of rotatable bonds is 6. The Bertz CT molecular complexity index is 931. The molecular formula is C25H31F3N2O2. The fraction of sp³-hybridized carbons (Fsp3) is 0.480. The monoisotopic (exact) mass is 448 g/mol. The number of amides is 1. The van der Waals surface area contributed by atoms with Gasteiger partial charge < -0.3 is 10.1 Å². The quantitative estimate of drug-likeness (QED) is 0.655. The molecule has 32 heavy (non-hydrogen) atoms. The lowest BCUT2D eigenvalue weighted by atomic mass is 10.0. The Balaban J connectivity index is 1.49. The Kier molecular flexibility index (Phi) is 7.18. The van der Waals surface area contributed by atoms with Gasteiger partial charge in [-0.15, -0.1) is 0 Å². The molecule has 7 heteroatoms. The standard InChI is InChI=1S/C25H31F3N2O2/c1-17-5-6-18(2)22(15-17)32-24(3,4)23(31)29-21-11-13-30(14-12-21)16-19-7-9-20(10-8-19)25(26,27)28/h5-10,15,21H,11-14,16H2,1-4H3,(H,29,31). The van der Waals surface area contributed by atoms with E-state index in [1.807, 2.05) is 32.0 Å². The highest BCUT2D eigenvalue weighted by molar-refractivity contribution is 5.85. The fourth-order valence-electron chi connectivity index (χ4n) is 3.79. The van der Waals surface area contributed by atoms with Crippen LogP contribution in [0.3, 0.4) is 0 Å². The van der Waals surface area contributed by atoms with E-state index in [4.69, 9.17) is 4.74 Å². The van der Waals surface area contributed by atoms with Gasteiger partial charge >= 0.3 is 6.18 Å². The van der Waals surface area contributed by atoms with Crippen molar-refractivity contribution in [2.45, 2.75) is 64.9 Å². The minimum absolute atomic E-state index is 0.0489. The zero-order chi connectivity index (χ0) is 23.5. The number of likely N-dealkylation sites (tertiary alicyclic amines) is 1. The molecule has 4 nitrogen and oxygen atoms in total. The number of alkyl halides is 3. The van der Waals surface area contributed by atoms with Gasteiger partial charge in [-0.2, -0.15) is 13.2 Å². The number of nitrogens with one attached hydrogen (secondary N) is 1. The third-order valence-electron chi connectivity index (χ3n) is 5.87. The van der Waals surface area contributed by atoms with Crippen molar-refractivity contribution < 1.29 is 22.7 Å². The molecule has 1 aliphatic heterocycles. The Labute approximate surface area is 187 Å². The van der Waals surface area contributed by atoms with Crippen molar-refractivity contribution in [1.29, 1.82) is 0 Å². The lowest BCUT2D eigenvalue weighted by Gasteiger charge is -2.34. The van der Waals surface area contributed by atoms with E-state index in [9.17, 15) is 18.0 Å². The van der Waals surface area contributed by atoms with E-state index in [0.29, 0.717) is 12.3 Å². The topological polar surface area (TPSA) is 41.6 Å². The zero-order valence-corrected chi connectivity index (χ0v) is 19.1. The Morgan fingerprint density at radius 1 is 1.06 bits per heavy atom. The Morgan fingerprint density at radius 2 is 1.69 bits per heavy atom. The van der Waals surface area contributed by atoms with Gasteiger partial charge in [-0.05, 0) is 75.4 Å². The number of ether oxygens (including phenoxy) is 1. The maximum absolute atomic E-state index is 12.9. The molecule has 0 aromatic heterocycles. The Hall–Kier alpha value is -2.54. The highest BCUT2D eigenvalue weighted by atomic mass is 19.4. The Morgan fingerprint density at radius 3 is 2.28 bits per heavy atom. The molecule has 0 unspecified atom stereocenters. The van der Waals surface area contributed by atoms with Gasteiger partial charge in [-0.3, -0.25) is 9.69 Å². The first-order valence-corrected chi connectivity index (χ1v) is 10.9. The van der Waals surface area contributed by atoms with Gasteiger partial charge in [0.1, 0.15) is 5.75 Å². The van der Waals surface area contributed by atoms with Crippen LogP contribution in [0, 0.1) is 13.8 Å². The molecule has 1 aliphatic rings. The molecule has 2 aromatic carbocycles. The maximum Gasteiger partial charge on any atom is 0.416 e. The summed E-state index contributed by atoms with van der Waals surface area (Å²) in [5.74, 6) is 0.552. The molecule has 0 spiro atoms. The molecule has 174 valence electrons. The maximum atomic E-state index is 12.9. The summed E-state index contributed by atoms with van der Waals surface area (Å²) in [6.45, 7) is 9.61. The number of nitrogens with zero attached hydrogens (tertiary/aromatic N) is 1. The predicted molar refractivity (Wildman–Crippen MR) is 119 cm³/mol. The van der Waals surface area contributed by atoms with Crippen LogP contribution in [0.4, 0.5) is 13.2 Å². The molecule has 0 aliphatic carbocycles. The summed E-state index contributed by atoms with van der Waals surface area (Å²) in [6, 6.07) is 11.3. The number of carbonyl (C=O) groups excluding carboxylic acids is 1. The van der Waals surface area contributed by atoms with Crippen molar-refractivity contribution >= 4 is 5.91 Å². The second-order valence-corrected chi connectivity index (χ2v) is 9.10. The summed E-state index contributed by atoms with van der Waals surface area (Å²) >= 11 is 0. The number of hydrogen-bond donors (Lipinski definition) is 1. The van der Waals surface area contributed by atoms with Crippen LogP contribution in [0.5, 0.6) is 5.75 Å². The van der Waals surface area contributed by atoms with Crippen molar-refractivity contribution in [3.8, 4) is 5.75 Å². The molecular weight excluding hydrogens is 417 g/mol. The van der Waals surface area contributed by atoms with Crippen molar-refractivity contribution in [1.82, 2.24) is 10.2 Å². The van der Waals surface area contributed by atoms with Gasteiger partial charge in [0.05, 0.1) is 5.56 Å². The second kappa shape index (κ2) is 9.53. The molecule has 1 saturated heterocycles. The average molecular weight is 449 g/mol. The molecule has 1 fully saturated rings. The van der Waals surface area contributed by atoms with E-state index < -0.39 is 17.3 Å². The van der Waals surface area contributed by atoms with Crippen molar-refractivity contribution in [2.75, 3.05) is 13.1 Å². The number of piperidine rings is 1. The molecule has 0 saturated carbocycles. The van der Waals surface area contributed by atoms with E-state index in [-0.39, 0.29) is 11.9 Å². The number of carbonyl (C=O) groups is 1. The minimum Gasteiger partial charge on any atom is -0.478 e. The molecule has 0 atom stereocenters. The van der Waals surface area contributed by atoms with E-state index in [0.717, 1.165) is 54.8 Å². The lowest BCUT2D eigenvalue weighted by Crippen LogP contribution is -2.52. The largest absolute Gasteiger partial charge is 0.478 e. The van der Waals surface area contributed by atoms with Gasteiger partial charge in [0.25, 0.3) is 5.91 Å². The first-order valence-electron chi connectivity index (χ1n) is 10.9. The third-order valence-corrected chi connectivity index (χ3v) is 5.87. The van der Waals surface area contributed by atoms with Crippen LogP contribution in [0.2, 0.25) is 0 Å². The van der Waals surface area contributed by atoms with Crippen molar-refractivity contribution in [3.05, 3.63) is 64.7 Å². The van der Waals surface area contributed by atoms with Gasteiger partial charge in [-0.1, -0.05) is 24.3 Å². The van der Waals surface area contributed by atoms with Gasteiger partial charge in [-0.25, -0.2) is 0 Å². The van der Waals surface area contributed by atoms with Crippen LogP contribution < -0.4 is 10.1 Å². The van der Waals surface area contributed by atoms with Crippen LogP contribution in [-0.2, 0) is 17.5 Å². The smallest absolute Gasteiger partial charge is 0.416 e. The van der Waals surface area contributed by atoms with Gasteiger partial charge in [0, 0.05) is 25.7 Å². The molecule has 1 N–H and O–H groups in total.